The van der Waals surface area contributed by atoms with Gasteiger partial charge in [0.15, 0.2) is 0 Å². The number of fused-ring (bicyclic) bond motifs is 1. The molecule has 2 fully saturated rings. The molecule has 0 radical (unpaired) electrons. The molecular weight excluding hydrogens is 506 g/mol. The summed E-state index contributed by atoms with van der Waals surface area (Å²) in [4.78, 5) is 32.2. The molecule has 9 nitrogen and oxygen atoms in total. The van der Waals surface area contributed by atoms with Gasteiger partial charge in [-0.25, -0.2) is 10.4 Å². The molecule has 13 heteroatoms. The highest BCUT2D eigenvalue weighted by Crippen LogP contribution is 2.36. The van der Waals surface area contributed by atoms with Gasteiger partial charge in [0.1, 0.15) is 11.4 Å². The Labute approximate surface area is 218 Å². The maximum atomic E-state index is 14.5. The van der Waals surface area contributed by atoms with Crippen molar-refractivity contribution in [3.8, 4) is 0 Å². The number of hydrogen-bond donors (Lipinski definition) is 3. The maximum Gasteiger partial charge on any atom is 0.416 e. The fraction of sp³-hybridized carbons (Fsp3) is 0.560. The van der Waals surface area contributed by atoms with E-state index in [-0.39, 0.29) is 17.7 Å². The molecule has 38 heavy (non-hydrogen) atoms. The number of carbonyl (C=O) groups is 2. The molecule has 1 aromatic rings. The minimum atomic E-state index is -4.57. The molecule has 4 aliphatic heterocycles. The van der Waals surface area contributed by atoms with Crippen molar-refractivity contribution >= 4 is 17.5 Å². The van der Waals surface area contributed by atoms with Gasteiger partial charge in [-0.2, -0.15) is 17.6 Å². The second-order valence-corrected chi connectivity index (χ2v) is 9.35. The lowest BCUT2D eigenvalue weighted by atomic mass is 10.0. The molecule has 1 atom stereocenters. The topological polar surface area (TPSA) is 92.8 Å². The Morgan fingerprint density at radius 3 is 2.47 bits per heavy atom. The van der Waals surface area contributed by atoms with Crippen LogP contribution in [0.4, 0.5) is 23.2 Å². The Morgan fingerprint density at radius 2 is 1.84 bits per heavy atom. The number of hydrogen-bond acceptors (Lipinski definition) is 7. The van der Waals surface area contributed by atoms with Crippen molar-refractivity contribution in [2.75, 3.05) is 44.7 Å². The van der Waals surface area contributed by atoms with E-state index in [0.29, 0.717) is 31.0 Å². The minimum absolute atomic E-state index is 0.00386. The summed E-state index contributed by atoms with van der Waals surface area (Å²) in [6.45, 7) is 6.33. The van der Waals surface area contributed by atoms with Gasteiger partial charge in [0.2, 0.25) is 5.95 Å². The molecule has 5 heterocycles. The first kappa shape index (κ1) is 27.8. The highest BCUT2D eigenvalue weighted by Gasteiger charge is 2.45. The van der Waals surface area contributed by atoms with Crippen LogP contribution in [0.15, 0.2) is 35.3 Å². The number of nitrogens with zero attached hydrogens (tertiary/aromatic N) is 4. The number of alkyl halides is 3. The molecule has 2 saturated heterocycles. The van der Waals surface area contributed by atoms with Gasteiger partial charge in [-0.1, -0.05) is 13.8 Å². The number of hydrazine groups is 1. The van der Waals surface area contributed by atoms with Gasteiger partial charge in [-0.3, -0.25) is 19.5 Å². The third kappa shape index (κ3) is 5.48. The van der Waals surface area contributed by atoms with E-state index in [9.17, 15) is 27.2 Å². The van der Waals surface area contributed by atoms with E-state index in [1.54, 1.807) is 12.3 Å². The molecule has 0 spiro atoms. The number of rotatable bonds is 4. The molecular formula is C25H33F4N7O2. The second-order valence-electron chi connectivity index (χ2n) is 9.35. The normalized spacial score (nSPS) is 22.6. The van der Waals surface area contributed by atoms with Gasteiger partial charge in [-0.15, -0.1) is 0 Å². The predicted molar refractivity (Wildman–Crippen MR) is 133 cm³/mol. The van der Waals surface area contributed by atoms with Crippen LogP contribution in [0.5, 0.6) is 0 Å². The second kappa shape index (κ2) is 11.3. The maximum absolute atomic E-state index is 14.5. The average Bonchev–Trinajstić information content (AvgIpc) is 3.58. The molecule has 2 amide bonds. The fourth-order valence-corrected chi connectivity index (χ4v) is 5.39. The summed E-state index contributed by atoms with van der Waals surface area (Å²) in [6, 6.07) is 3.37. The number of aromatic nitrogens is 1. The van der Waals surface area contributed by atoms with E-state index in [1.165, 1.54) is 18.1 Å². The smallest absolute Gasteiger partial charge is 0.368 e. The number of halogens is 4. The summed E-state index contributed by atoms with van der Waals surface area (Å²) in [7, 11) is 1.46. The highest BCUT2D eigenvalue weighted by atomic mass is 19.4. The Hall–Kier alpha value is -3.19. The van der Waals surface area contributed by atoms with E-state index in [0.717, 1.165) is 25.8 Å². The number of pyridine rings is 1. The summed E-state index contributed by atoms with van der Waals surface area (Å²) < 4.78 is 54.2. The summed E-state index contributed by atoms with van der Waals surface area (Å²) in [6.07, 6.45) is -0.603. The van der Waals surface area contributed by atoms with E-state index in [1.807, 2.05) is 18.7 Å². The Bertz CT molecular complexity index is 1130. The number of likely N-dealkylation sites (tertiary alicyclic amines) is 1. The van der Waals surface area contributed by atoms with Gasteiger partial charge in [0.25, 0.3) is 11.8 Å². The zero-order valence-electron chi connectivity index (χ0n) is 21.7. The van der Waals surface area contributed by atoms with Gasteiger partial charge in [0.05, 0.1) is 11.3 Å². The fourth-order valence-electron chi connectivity index (χ4n) is 5.39. The van der Waals surface area contributed by atoms with E-state index >= 15 is 0 Å². The molecule has 208 valence electrons. The third-order valence-corrected chi connectivity index (χ3v) is 7.31. The summed E-state index contributed by atoms with van der Waals surface area (Å²) in [5.74, 6) is -1.85. The van der Waals surface area contributed by atoms with Crippen LogP contribution in [0.2, 0.25) is 0 Å². The number of piperidine rings is 1. The van der Waals surface area contributed by atoms with Crippen LogP contribution in [0.3, 0.4) is 0 Å². The Morgan fingerprint density at radius 1 is 1.13 bits per heavy atom. The van der Waals surface area contributed by atoms with Crippen LogP contribution in [0.25, 0.3) is 0 Å². The van der Waals surface area contributed by atoms with Crippen LogP contribution in [0, 0.1) is 11.9 Å². The van der Waals surface area contributed by atoms with Crippen molar-refractivity contribution < 1.29 is 27.2 Å². The lowest BCUT2D eigenvalue weighted by Crippen LogP contribution is -2.45. The first-order chi connectivity index (χ1) is 18.2. The van der Waals surface area contributed by atoms with Crippen LogP contribution < -0.4 is 21.0 Å². The van der Waals surface area contributed by atoms with E-state index < -0.39 is 41.8 Å². The quantitative estimate of drug-likeness (QED) is 0.400. The van der Waals surface area contributed by atoms with Gasteiger partial charge < -0.3 is 15.5 Å². The average molecular weight is 540 g/mol. The van der Waals surface area contributed by atoms with Crippen molar-refractivity contribution in [1.29, 1.82) is 0 Å². The molecule has 0 bridgehead atoms. The van der Waals surface area contributed by atoms with Crippen molar-refractivity contribution in [3.05, 3.63) is 46.9 Å². The molecule has 4 aliphatic rings. The third-order valence-electron chi connectivity index (χ3n) is 7.31. The first-order valence-corrected chi connectivity index (χ1v) is 12.9. The molecule has 0 aromatic carbocycles. The van der Waals surface area contributed by atoms with Gasteiger partial charge in [-0.05, 0) is 37.9 Å². The number of carbonyl (C=O) groups excluding carboxylic acids is 2. The summed E-state index contributed by atoms with van der Waals surface area (Å²) in [5, 5.41) is 6.29. The molecule has 3 N–H and O–H groups in total. The number of anilines is 1. The van der Waals surface area contributed by atoms with E-state index in [4.69, 9.17) is 0 Å². The van der Waals surface area contributed by atoms with Crippen molar-refractivity contribution in [3.63, 3.8) is 0 Å². The van der Waals surface area contributed by atoms with E-state index in [2.05, 4.69) is 25.9 Å². The monoisotopic (exact) mass is 539 g/mol. The lowest BCUT2D eigenvalue weighted by Gasteiger charge is -2.38. The van der Waals surface area contributed by atoms with Crippen molar-refractivity contribution in [1.82, 2.24) is 31.0 Å². The van der Waals surface area contributed by atoms with Crippen LogP contribution in [-0.4, -0.2) is 78.7 Å². The zero-order valence-corrected chi connectivity index (χ0v) is 21.7. The molecule has 5 rings (SSSR count). The summed E-state index contributed by atoms with van der Waals surface area (Å²) >= 11 is 0. The Balaban J connectivity index is 0.00000164. The first-order valence-electron chi connectivity index (χ1n) is 12.9. The van der Waals surface area contributed by atoms with Crippen molar-refractivity contribution in [2.45, 2.75) is 45.3 Å². The van der Waals surface area contributed by atoms with Crippen LogP contribution in [-0.2, 0) is 4.79 Å². The largest absolute Gasteiger partial charge is 0.416 e. The number of nitrogens with one attached hydrogen (secondary N) is 3. The van der Waals surface area contributed by atoms with Crippen LogP contribution in [0.1, 0.15) is 43.6 Å². The number of amides is 2. The highest BCUT2D eigenvalue weighted by molar-refractivity contribution is 5.96. The van der Waals surface area contributed by atoms with Gasteiger partial charge >= 0.3 is 6.18 Å². The molecule has 0 saturated carbocycles. The minimum Gasteiger partial charge on any atom is -0.368 e. The lowest BCUT2D eigenvalue weighted by molar-refractivity contribution is -0.120. The SMILES string of the molecule is CC.CNC(=O)c1ccc(N2CCC(N3CCC(C4=CN5NCC(C(F)(F)F)=C5C(=O)N4)C3)CC2)c(F)n1. The molecule has 1 unspecified atom stereocenters. The van der Waals surface area contributed by atoms with Crippen LogP contribution >= 0.6 is 0 Å². The zero-order chi connectivity index (χ0) is 27.6. The Kier molecular flexibility index (Phi) is 8.26. The predicted octanol–water partition coefficient (Wildman–Crippen LogP) is 2.50. The summed E-state index contributed by atoms with van der Waals surface area (Å²) in [5.41, 5.74) is 2.39. The van der Waals surface area contributed by atoms with Gasteiger partial charge in [0, 0.05) is 57.1 Å². The van der Waals surface area contributed by atoms with Crippen molar-refractivity contribution in [2.24, 2.45) is 5.92 Å². The molecule has 0 aliphatic carbocycles. The molecule has 1 aromatic heterocycles. The standard InChI is InChI=1S/C23H27F4N7O2.C2H6/c1-28-21(35)16-2-3-18(20(24)30-16)32-8-5-14(6-9-32)33-7-4-13(11-33)17-12-34-19(22(36)31-17)15(10-29-34)23(25,26)27;1-2/h2-3,12-14,29H,4-11H2,1H3,(H,28,35)(H,31,36);1-2H3.